The van der Waals surface area contributed by atoms with Crippen molar-refractivity contribution >= 4 is 21.9 Å². The van der Waals surface area contributed by atoms with Crippen molar-refractivity contribution in [2.24, 2.45) is 5.92 Å². The molecule has 5 aromatic heterocycles. The summed E-state index contributed by atoms with van der Waals surface area (Å²) in [4.78, 5) is 17.3. The van der Waals surface area contributed by atoms with Gasteiger partial charge in [0.25, 0.3) is 0 Å². The maximum Gasteiger partial charge on any atom is 0.181 e. The predicted octanol–water partition coefficient (Wildman–Crippen LogP) is 6.51. The number of rotatable bonds is 7. The number of H-pyrrole nitrogens is 2. The normalized spacial score (nSPS) is 14.1. The lowest BCUT2D eigenvalue weighted by Crippen LogP contribution is -2.20. The van der Waals surface area contributed by atoms with Gasteiger partial charge in [0.1, 0.15) is 0 Å². The van der Waals surface area contributed by atoms with Crippen LogP contribution >= 0.6 is 0 Å². The highest BCUT2D eigenvalue weighted by atomic mass is 15.2. The van der Waals surface area contributed by atoms with E-state index in [2.05, 4.69) is 71.8 Å². The quantitative estimate of drug-likeness (QED) is 0.233. The average Bonchev–Trinajstić information content (AvgIpc) is 3.73. The fraction of sp³-hybridized carbons (Fsp3) is 0.226. The number of benzene rings is 1. The molecule has 7 heteroatoms. The van der Waals surface area contributed by atoms with Crippen molar-refractivity contribution in [2.45, 2.75) is 32.2 Å². The van der Waals surface area contributed by atoms with Crippen molar-refractivity contribution in [3.8, 4) is 33.8 Å². The molecule has 5 heterocycles. The first-order valence-corrected chi connectivity index (χ1v) is 13.3. The van der Waals surface area contributed by atoms with Crippen molar-refractivity contribution in [3.63, 3.8) is 0 Å². The summed E-state index contributed by atoms with van der Waals surface area (Å²) in [5.41, 5.74) is 8.94. The SMILES string of the molecule is c1ccc(-c2cccc3[nH]c(-c4[nH]nc5ncc(-c6cncc(CNCC7CCCC7)c6)cc45)cc23)nc1. The Morgan fingerprint density at radius 3 is 2.68 bits per heavy atom. The highest BCUT2D eigenvalue weighted by Crippen LogP contribution is 2.34. The number of hydrogen-bond donors (Lipinski definition) is 3. The van der Waals surface area contributed by atoms with Crippen LogP contribution in [0.2, 0.25) is 0 Å². The molecule has 0 spiro atoms. The molecule has 6 aromatic rings. The summed E-state index contributed by atoms with van der Waals surface area (Å²) in [6.45, 7) is 1.92. The van der Waals surface area contributed by atoms with Gasteiger partial charge in [-0.2, -0.15) is 5.10 Å². The van der Waals surface area contributed by atoms with E-state index in [1.807, 2.05) is 43.0 Å². The molecule has 1 aromatic carbocycles. The summed E-state index contributed by atoms with van der Waals surface area (Å²) < 4.78 is 0. The molecular weight excluding hydrogens is 470 g/mol. The number of aromatic nitrogens is 6. The molecule has 1 fully saturated rings. The summed E-state index contributed by atoms with van der Waals surface area (Å²) in [5.74, 6) is 0.821. The Morgan fingerprint density at radius 1 is 0.868 bits per heavy atom. The second kappa shape index (κ2) is 9.84. The predicted molar refractivity (Wildman–Crippen MR) is 151 cm³/mol. The van der Waals surface area contributed by atoms with E-state index in [4.69, 9.17) is 0 Å². The topological polar surface area (TPSA) is 95.2 Å². The number of nitrogens with one attached hydrogen (secondary N) is 3. The zero-order chi connectivity index (χ0) is 25.3. The second-order valence-corrected chi connectivity index (χ2v) is 10.2. The van der Waals surface area contributed by atoms with Crippen LogP contribution in [-0.4, -0.2) is 36.7 Å². The van der Waals surface area contributed by atoms with Crippen LogP contribution in [0.5, 0.6) is 0 Å². The molecule has 7 rings (SSSR count). The van der Waals surface area contributed by atoms with Gasteiger partial charge >= 0.3 is 0 Å². The Bertz CT molecular complexity index is 1710. The Balaban J connectivity index is 1.20. The minimum absolute atomic E-state index is 0.690. The van der Waals surface area contributed by atoms with Crippen molar-refractivity contribution in [3.05, 3.63) is 84.9 Å². The first-order valence-electron chi connectivity index (χ1n) is 13.3. The van der Waals surface area contributed by atoms with E-state index in [9.17, 15) is 0 Å². The zero-order valence-electron chi connectivity index (χ0n) is 21.1. The van der Waals surface area contributed by atoms with Gasteiger partial charge in [0.05, 0.1) is 17.1 Å². The van der Waals surface area contributed by atoms with Gasteiger partial charge in [-0.3, -0.25) is 15.1 Å². The molecule has 0 amide bonds. The number of nitrogens with zero attached hydrogens (tertiary/aromatic N) is 4. The van der Waals surface area contributed by atoms with Crippen molar-refractivity contribution in [1.29, 1.82) is 0 Å². The molecule has 1 aliphatic carbocycles. The molecule has 38 heavy (non-hydrogen) atoms. The van der Waals surface area contributed by atoms with Crippen LogP contribution in [0, 0.1) is 5.92 Å². The van der Waals surface area contributed by atoms with Crippen molar-refractivity contribution < 1.29 is 0 Å². The van der Waals surface area contributed by atoms with Gasteiger partial charge in [-0.1, -0.05) is 31.0 Å². The van der Waals surface area contributed by atoms with Gasteiger partial charge < -0.3 is 10.3 Å². The van der Waals surface area contributed by atoms with Gasteiger partial charge in [0.2, 0.25) is 0 Å². The molecule has 3 N–H and O–H groups in total. The molecule has 7 nitrogen and oxygen atoms in total. The van der Waals surface area contributed by atoms with Gasteiger partial charge in [-0.25, -0.2) is 4.98 Å². The van der Waals surface area contributed by atoms with Crippen LogP contribution in [-0.2, 0) is 6.54 Å². The Kier molecular flexibility index (Phi) is 5.90. The number of fused-ring (bicyclic) bond motifs is 2. The van der Waals surface area contributed by atoms with Gasteiger partial charge in [0.15, 0.2) is 5.65 Å². The molecule has 0 saturated heterocycles. The lowest BCUT2D eigenvalue weighted by atomic mass is 10.0. The number of pyridine rings is 3. The average molecular weight is 500 g/mol. The molecular formula is C31H29N7. The fourth-order valence-corrected chi connectivity index (χ4v) is 5.68. The highest BCUT2D eigenvalue weighted by Gasteiger charge is 2.16. The van der Waals surface area contributed by atoms with Crippen LogP contribution in [0.25, 0.3) is 55.7 Å². The van der Waals surface area contributed by atoms with Gasteiger partial charge in [0, 0.05) is 64.3 Å². The van der Waals surface area contributed by atoms with Crippen LogP contribution in [0.1, 0.15) is 31.2 Å². The highest BCUT2D eigenvalue weighted by molar-refractivity contribution is 6.00. The Morgan fingerprint density at radius 2 is 1.79 bits per heavy atom. The lowest BCUT2D eigenvalue weighted by molar-refractivity contribution is 0.489. The summed E-state index contributed by atoms with van der Waals surface area (Å²) in [6.07, 6.45) is 13.0. The standard InChI is InChI=1S/C31H29N7/c1-2-7-20(6-1)15-32-16-21-12-22(18-33-17-21)23-13-26-30(37-38-31(26)35-19-23)29-14-25-24(8-5-10-28(25)36-29)27-9-3-4-11-34-27/h3-5,8-14,17-20,32,36H,1-2,6-7,15-16H2,(H,35,37,38). The van der Waals surface area contributed by atoms with E-state index in [1.54, 1.807) is 0 Å². The van der Waals surface area contributed by atoms with Gasteiger partial charge in [-0.05, 0) is 67.3 Å². The third-order valence-electron chi connectivity index (χ3n) is 7.65. The minimum atomic E-state index is 0.690. The maximum atomic E-state index is 4.66. The summed E-state index contributed by atoms with van der Waals surface area (Å²) in [7, 11) is 0. The van der Waals surface area contributed by atoms with E-state index in [-0.39, 0.29) is 0 Å². The van der Waals surface area contributed by atoms with Crippen LogP contribution in [0.15, 0.2) is 79.4 Å². The molecule has 0 radical (unpaired) electrons. The Hall–Kier alpha value is -4.36. The maximum absolute atomic E-state index is 4.66. The monoisotopic (exact) mass is 499 g/mol. The van der Waals surface area contributed by atoms with Crippen LogP contribution in [0.3, 0.4) is 0 Å². The number of aromatic amines is 2. The molecule has 1 aliphatic rings. The summed E-state index contributed by atoms with van der Waals surface area (Å²) >= 11 is 0. The fourth-order valence-electron chi connectivity index (χ4n) is 5.68. The van der Waals surface area contributed by atoms with E-state index in [1.165, 1.54) is 31.2 Å². The van der Waals surface area contributed by atoms with Crippen molar-refractivity contribution in [2.75, 3.05) is 6.54 Å². The van der Waals surface area contributed by atoms with E-state index in [0.717, 1.165) is 69.1 Å². The summed E-state index contributed by atoms with van der Waals surface area (Å²) in [6, 6.07) is 18.8. The largest absolute Gasteiger partial charge is 0.353 e. The van der Waals surface area contributed by atoms with Crippen molar-refractivity contribution in [1.82, 2.24) is 35.5 Å². The first kappa shape index (κ1) is 22.8. The van der Waals surface area contributed by atoms with Gasteiger partial charge in [-0.15, -0.1) is 0 Å². The summed E-state index contributed by atoms with van der Waals surface area (Å²) in [5, 5.41) is 13.4. The second-order valence-electron chi connectivity index (χ2n) is 10.2. The molecule has 1 saturated carbocycles. The number of hydrogen-bond acceptors (Lipinski definition) is 5. The molecule has 188 valence electrons. The zero-order valence-corrected chi connectivity index (χ0v) is 21.1. The molecule has 0 aliphatic heterocycles. The third kappa shape index (κ3) is 4.35. The van der Waals surface area contributed by atoms with E-state index < -0.39 is 0 Å². The molecule has 0 unspecified atom stereocenters. The smallest absolute Gasteiger partial charge is 0.181 e. The third-order valence-corrected chi connectivity index (χ3v) is 7.65. The van der Waals surface area contributed by atoms with Crippen LogP contribution in [0.4, 0.5) is 0 Å². The minimum Gasteiger partial charge on any atom is -0.353 e. The first-order chi connectivity index (χ1) is 18.8. The van der Waals surface area contributed by atoms with Crippen LogP contribution < -0.4 is 5.32 Å². The molecule has 0 bridgehead atoms. The van der Waals surface area contributed by atoms with E-state index in [0.29, 0.717) is 5.65 Å². The Labute approximate surface area is 220 Å². The lowest BCUT2D eigenvalue weighted by Gasteiger charge is -2.11. The van der Waals surface area contributed by atoms with E-state index >= 15 is 0 Å². The molecule has 0 atom stereocenters.